The minimum atomic E-state index is -0.0165. The van der Waals surface area contributed by atoms with Gasteiger partial charge in [0.15, 0.2) is 0 Å². The number of rotatable bonds is 4. The summed E-state index contributed by atoms with van der Waals surface area (Å²) in [4.78, 5) is 16.8. The Bertz CT molecular complexity index is 475. The van der Waals surface area contributed by atoms with Crippen molar-refractivity contribution in [2.75, 3.05) is 33.4 Å². The number of likely N-dealkylation sites (N-methyl/N-ethyl adjacent to an activating group) is 1. The van der Waals surface area contributed by atoms with E-state index in [-0.39, 0.29) is 25.2 Å². The zero-order valence-corrected chi connectivity index (χ0v) is 13.0. The lowest BCUT2D eigenvalue weighted by atomic mass is 10.1. The lowest BCUT2D eigenvalue weighted by Crippen LogP contribution is -2.56. The number of piperazine rings is 1. The van der Waals surface area contributed by atoms with Crippen LogP contribution in [0, 0.1) is 0 Å². The molecular weight excluding hydrogens is 268 g/mol. The van der Waals surface area contributed by atoms with Gasteiger partial charge < -0.3 is 14.7 Å². The maximum atomic E-state index is 12.6. The second kappa shape index (κ2) is 6.91. The number of carbonyl (C=O) groups is 1. The Labute approximate surface area is 126 Å². The van der Waals surface area contributed by atoms with Crippen LogP contribution < -0.4 is 4.74 Å². The second-order valence-corrected chi connectivity index (χ2v) is 5.69. The fourth-order valence-electron chi connectivity index (χ4n) is 2.61. The molecule has 1 aliphatic rings. The lowest BCUT2D eigenvalue weighted by molar-refractivity contribution is 0.0397. The van der Waals surface area contributed by atoms with Gasteiger partial charge in [0.05, 0.1) is 6.61 Å². The third-order valence-electron chi connectivity index (χ3n) is 4.02. The van der Waals surface area contributed by atoms with Crippen LogP contribution in [0.2, 0.25) is 0 Å². The lowest BCUT2D eigenvalue weighted by Gasteiger charge is -2.42. The van der Waals surface area contributed by atoms with Crippen molar-refractivity contribution in [1.82, 2.24) is 9.80 Å². The predicted octanol–water partition coefficient (Wildman–Crippen LogP) is 1.22. The molecular formula is C16H24N2O3. The first-order valence-corrected chi connectivity index (χ1v) is 7.38. The highest BCUT2D eigenvalue weighted by Gasteiger charge is 2.30. The van der Waals surface area contributed by atoms with Gasteiger partial charge in [0.1, 0.15) is 12.4 Å². The number of hydrogen-bond donors (Lipinski definition) is 1. The average Bonchev–Trinajstić information content (AvgIpc) is 2.48. The molecule has 5 heteroatoms. The Kier molecular flexibility index (Phi) is 5.20. The molecule has 116 valence electrons. The molecule has 1 amide bonds. The minimum Gasteiger partial charge on any atom is -0.491 e. The van der Waals surface area contributed by atoms with Gasteiger partial charge in [0.2, 0.25) is 0 Å². The van der Waals surface area contributed by atoms with Crippen molar-refractivity contribution in [2.24, 2.45) is 0 Å². The Morgan fingerprint density at radius 1 is 1.24 bits per heavy atom. The highest BCUT2D eigenvalue weighted by Crippen LogP contribution is 2.19. The van der Waals surface area contributed by atoms with Crippen molar-refractivity contribution in [3.63, 3.8) is 0 Å². The van der Waals surface area contributed by atoms with Crippen LogP contribution in [0.25, 0.3) is 0 Å². The van der Waals surface area contributed by atoms with Gasteiger partial charge in [-0.2, -0.15) is 0 Å². The van der Waals surface area contributed by atoms with Crippen molar-refractivity contribution >= 4 is 5.91 Å². The zero-order valence-electron chi connectivity index (χ0n) is 13.0. The van der Waals surface area contributed by atoms with Crippen molar-refractivity contribution in [2.45, 2.75) is 25.9 Å². The quantitative estimate of drug-likeness (QED) is 0.906. The number of aliphatic hydroxyl groups is 1. The number of hydrogen-bond acceptors (Lipinski definition) is 4. The van der Waals surface area contributed by atoms with Crippen molar-refractivity contribution in [3.05, 3.63) is 29.8 Å². The van der Waals surface area contributed by atoms with E-state index in [9.17, 15) is 4.79 Å². The predicted molar refractivity (Wildman–Crippen MR) is 81.6 cm³/mol. The third kappa shape index (κ3) is 3.74. The van der Waals surface area contributed by atoms with Gasteiger partial charge in [-0.15, -0.1) is 0 Å². The molecule has 2 rings (SSSR count). The number of benzene rings is 1. The molecule has 2 atom stereocenters. The van der Waals surface area contributed by atoms with E-state index in [1.807, 2.05) is 4.90 Å². The summed E-state index contributed by atoms with van der Waals surface area (Å²) >= 11 is 0. The summed E-state index contributed by atoms with van der Waals surface area (Å²) in [6.45, 7) is 6.11. The van der Waals surface area contributed by atoms with Crippen LogP contribution in [0.5, 0.6) is 5.75 Å². The van der Waals surface area contributed by atoms with Crippen LogP contribution in [-0.4, -0.2) is 66.2 Å². The molecule has 0 bridgehead atoms. The Morgan fingerprint density at radius 3 is 2.52 bits per heavy atom. The van der Waals surface area contributed by atoms with E-state index in [4.69, 9.17) is 9.84 Å². The van der Waals surface area contributed by atoms with Crippen molar-refractivity contribution < 1.29 is 14.6 Å². The summed E-state index contributed by atoms with van der Waals surface area (Å²) in [7, 11) is 2.09. The average molecular weight is 292 g/mol. The van der Waals surface area contributed by atoms with Crippen LogP contribution in [-0.2, 0) is 0 Å². The van der Waals surface area contributed by atoms with Gasteiger partial charge in [0, 0.05) is 30.7 Å². The van der Waals surface area contributed by atoms with Crippen molar-refractivity contribution in [1.29, 1.82) is 0 Å². The molecule has 0 radical (unpaired) electrons. The monoisotopic (exact) mass is 292 g/mol. The van der Waals surface area contributed by atoms with Crippen LogP contribution in [0.1, 0.15) is 24.2 Å². The standard InChI is InChI=1S/C16H24N2O3/c1-12-11-18(13(2)10-17(12)3)16(20)14-4-6-15(7-5-14)21-9-8-19/h4-7,12-13,19H,8-11H2,1-3H3. The molecule has 1 fully saturated rings. The van der Waals surface area contributed by atoms with E-state index in [1.54, 1.807) is 24.3 Å². The first kappa shape index (κ1) is 15.8. The molecule has 1 saturated heterocycles. The number of carbonyl (C=O) groups excluding carboxylic acids is 1. The van der Waals surface area contributed by atoms with Gasteiger partial charge in [-0.05, 0) is 45.2 Å². The fraction of sp³-hybridized carbons (Fsp3) is 0.562. The van der Waals surface area contributed by atoms with Gasteiger partial charge in [-0.25, -0.2) is 0 Å². The van der Waals surface area contributed by atoms with Gasteiger partial charge in [-0.1, -0.05) is 0 Å². The van der Waals surface area contributed by atoms with Crippen LogP contribution in [0.15, 0.2) is 24.3 Å². The minimum absolute atomic E-state index is 0.0165. The van der Waals surface area contributed by atoms with Gasteiger partial charge in [0.25, 0.3) is 5.91 Å². The Balaban J connectivity index is 2.05. The zero-order chi connectivity index (χ0) is 15.4. The fourth-order valence-corrected chi connectivity index (χ4v) is 2.61. The normalized spacial score (nSPS) is 23.1. The highest BCUT2D eigenvalue weighted by molar-refractivity contribution is 5.94. The number of amides is 1. The van der Waals surface area contributed by atoms with Gasteiger partial charge in [-0.3, -0.25) is 9.69 Å². The van der Waals surface area contributed by atoms with Crippen LogP contribution >= 0.6 is 0 Å². The maximum Gasteiger partial charge on any atom is 0.254 e. The molecule has 1 aliphatic heterocycles. The largest absolute Gasteiger partial charge is 0.491 e. The Hall–Kier alpha value is -1.59. The third-order valence-corrected chi connectivity index (χ3v) is 4.02. The summed E-state index contributed by atoms with van der Waals surface area (Å²) in [5.74, 6) is 0.733. The maximum absolute atomic E-state index is 12.6. The van der Waals surface area contributed by atoms with E-state index >= 15 is 0 Å². The molecule has 1 N–H and O–H groups in total. The molecule has 0 spiro atoms. The molecule has 21 heavy (non-hydrogen) atoms. The van der Waals surface area contributed by atoms with E-state index < -0.39 is 0 Å². The van der Waals surface area contributed by atoms with E-state index in [0.717, 1.165) is 13.1 Å². The molecule has 0 aromatic heterocycles. The molecule has 1 aromatic rings. The van der Waals surface area contributed by atoms with E-state index in [1.165, 1.54) is 0 Å². The molecule has 0 saturated carbocycles. The SMILES string of the molecule is CC1CN(C(=O)c2ccc(OCCO)cc2)C(C)CN1C. The first-order chi connectivity index (χ1) is 10.0. The number of aliphatic hydroxyl groups excluding tert-OH is 1. The summed E-state index contributed by atoms with van der Waals surface area (Å²) in [5.41, 5.74) is 0.676. The Morgan fingerprint density at radius 2 is 1.90 bits per heavy atom. The topological polar surface area (TPSA) is 53.0 Å². The summed E-state index contributed by atoms with van der Waals surface area (Å²) < 4.78 is 5.31. The summed E-state index contributed by atoms with van der Waals surface area (Å²) in [6.07, 6.45) is 0. The van der Waals surface area contributed by atoms with Crippen LogP contribution in [0.4, 0.5) is 0 Å². The van der Waals surface area contributed by atoms with Crippen molar-refractivity contribution in [3.8, 4) is 5.75 Å². The molecule has 2 unspecified atom stereocenters. The highest BCUT2D eigenvalue weighted by atomic mass is 16.5. The van der Waals surface area contributed by atoms with Gasteiger partial charge >= 0.3 is 0 Å². The number of nitrogens with zero attached hydrogens (tertiary/aromatic N) is 2. The molecule has 0 aliphatic carbocycles. The number of ether oxygens (including phenoxy) is 1. The van der Waals surface area contributed by atoms with E-state index in [0.29, 0.717) is 17.4 Å². The first-order valence-electron chi connectivity index (χ1n) is 7.38. The van der Waals surface area contributed by atoms with Crippen LogP contribution in [0.3, 0.4) is 0 Å². The van der Waals surface area contributed by atoms with E-state index in [2.05, 4.69) is 25.8 Å². The molecule has 1 aromatic carbocycles. The second-order valence-electron chi connectivity index (χ2n) is 5.69. The summed E-state index contributed by atoms with van der Waals surface area (Å²) in [5, 5.41) is 8.73. The molecule has 5 nitrogen and oxygen atoms in total. The summed E-state index contributed by atoms with van der Waals surface area (Å²) in [6, 6.07) is 7.69. The molecule has 1 heterocycles. The smallest absolute Gasteiger partial charge is 0.254 e.